The van der Waals surface area contributed by atoms with Gasteiger partial charge < -0.3 is 14.8 Å². The van der Waals surface area contributed by atoms with E-state index in [0.717, 1.165) is 32.4 Å². The Morgan fingerprint density at radius 2 is 2.00 bits per heavy atom. The first kappa shape index (κ1) is 16.4. The van der Waals surface area contributed by atoms with Crippen LogP contribution < -0.4 is 5.32 Å². The van der Waals surface area contributed by atoms with E-state index in [0.29, 0.717) is 19.3 Å². The van der Waals surface area contributed by atoms with E-state index in [2.05, 4.69) is 24.1 Å². The molecule has 0 rings (SSSR count). The van der Waals surface area contributed by atoms with Gasteiger partial charge in [0, 0.05) is 26.2 Å². The van der Waals surface area contributed by atoms with Crippen molar-refractivity contribution in [3.8, 4) is 11.8 Å². The standard InChI is InChI=1S/C14H27NO2/c1-4-6-7-8-14(15-10-5-2)9-11-17-13-12-16-3/h14-15H,5,7-13H2,1-3H3. The zero-order valence-corrected chi connectivity index (χ0v) is 11.6. The molecule has 1 N–H and O–H groups in total. The average Bonchev–Trinajstić information content (AvgIpc) is 2.35. The number of ether oxygens (including phenoxy) is 2. The van der Waals surface area contributed by atoms with Crippen molar-refractivity contribution in [1.29, 1.82) is 0 Å². The van der Waals surface area contributed by atoms with Gasteiger partial charge in [0.25, 0.3) is 0 Å². The second kappa shape index (κ2) is 13.5. The molecule has 0 heterocycles. The Kier molecular flexibility index (Phi) is 13.1. The Bertz CT molecular complexity index is 208. The van der Waals surface area contributed by atoms with Crippen LogP contribution in [0.4, 0.5) is 0 Å². The minimum atomic E-state index is 0.526. The SMILES string of the molecule is CC#CCCC(CCOCCOC)NCCC. The minimum absolute atomic E-state index is 0.526. The van der Waals surface area contributed by atoms with Crippen LogP contribution in [0.2, 0.25) is 0 Å². The molecule has 3 heteroatoms. The molecule has 1 atom stereocenters. The van der Waals surface area contributed by atoms with Gasteiger partial charge in [0.2, 0.25) is 0 Å². The fourth-order valence-electron chi connectivity index (χ4n) is 1.54. The Labute approximate surface area is 106 Å². The monoisotopic (exact) mass is 241 g/mol. The first-order valence-corrected chi connectivity index (χ1v) is 6.54. The van der Waals surface area contributed by atoms with E-state index in [1.807, 2.05) is 6.92 Å². The number of rotatable bonds is 11. The van der Waals surface area contributed by atoms with Crippen molar-refractivity contribution in [1.82, 2.24) is 5.32 Å². The van der Waals surface area contributed by atoms with Gasteiger partial charge in [-0.05, 0) is 32.7 Å². The van der Waals surface area contributed by atoms with Crippen molar-refractivity contribution in [2.75, 3.05) is 33.5 Å². The quantitative estimate of drug-likeness (QED) is 0.444. The highest BCUT2D eigenvalue weighted by Gasteiger charge is 2.06. The zero-order chi connectivity index (χ0) is 12.8. The second-order valence-corrected chi connectivity index (χ2v) is 4.01. The molecule has 17 heavy (non-hydrogen) atoms. The second-order valence-electron chi connectivity index (χ2n) is 4.01. The normalized spacial score (nSPS) is 11.9. The first-order valence-electron chi connectivity index (χ1n) is 6.54. The van der Waals surface area contributed by atoms with Crippen molar-refractivity contribution in [3.05, 3.63) is 0 Å². The molecule has 0 aliphatic rings. The van der Waals surface area contributed by atoms with Crippen LogP contribution >= 0.6 is 0 Å². The Hall–Kier alpha value is -0.560. The summed E-state index contributed by atoms with van der Waals surface area (Å²) in [6.07, 6.45) is 4.29. The zero-order valence-electron chi connectivity index (χ0n) is 11.6. The average molecular weight is 241 g/mol. The van der Waals surface area contributed by atoms with Crippen LogP contribution in [0, 0.1) is 11.8 Å². The molecule has 0 fully saturated rings. The fraction of sp³-hybridized carbons (Fsp3) is 0.857. The fourth-order valence-corrected chi connectivity index (χ4v) is 1.54. The van der Waals surface area contributed by atoms with Crippen LogP contribution in [0.1, 0.15) is 39.5 Å². The van der Waals surface area contributed by atoms with E-state index in [4.69, 9.17) is 9.47 Å². The van der Waals surface area contributed by atoms with Crippen molar-refractivity contribution in [3.63, 3.8) is 0 Å². The van der Waals surface area contributed by atoms with Gasteiger partial charge in [0.05, 0.1) is 13.2 Å². The summed E-state index contributed by atoms with van der Waals surface area (Å²) >= 11 is 0. The maximum Gasteiger partial charge on any atom is 0.0700 e. The highest BCUT2D eigenvalue weighted by Crippen LogP contribution is 2.02. The van der Waals surface area contributed by atoms with Crippen LogP contribution in [0.3, 0.4) is 0 Å². The van der Waals surface area contributed by atoms with Gasteiger partial charge in [0.15, 0.2) is 0 Å². The van der Waals surface area contributed by atoms with Crippen LogP contribution in [0.5, 0.6) is 0 Å². The third-order valence-corrected chi connectivity index (χ3v) is 2.52. The van der Waals surface area contributed by atoms with Gasteiger partial charge in [-0.3, -0.25) is 0 Å². The summed E-state index contributed by atoms with van der Waals surface area (Å²) in [5.74, 6) is 6.05. The molecule has 0 aromatic heterocycles. The third-order valence-electron chi connectivity index (χ3n) is 2.52. The van der Waals surface area contributed by atoms with Crippen molar-refractivity contribution in [2.45, 2.75) is 45.6 Å². The molecule has 0 saturated carbocycles. The summed E-state index contributed by atoms with van der Waals surface area (Å²) < 4.78 is 10.4. The lowest BCUT2D eigenvalue weighted by Gasteiger charge is -2.17. The largest absolute Gasteiger partial charge is 0.382 e. The smallest absolute Gasteiger partial charge is 0.0700 e. The van der Waals surface area contributed by atoms with E-state index in [-0.39, 0.29) is 0 Å². The van der Waals surface area contributed by atoms with Crippen LogP contribution in [-0.2, 0) is 9.47 Å². The predicted octanol–water partition coefficient (Wildman–Crippen LogP) is 2.21. The van der Waals surface area contributed by atoms with Gasteiger partial charge >= 0.3 is 0 Å². The van der Waals surface area contributed by atoms with Crippen molar-refractivity contribution in [2.24, 2.45) is 0 Å². The van der Waals surface area contributed by atoms with E-state index >= 15 is 0 Å². The van der Waals surface area contributed by atoms with Crippen molar-refractivity contribution < 1.29 is 9.47 Å². The van der Waals surface area contributed by atoms with Crippen LogP contribution in [0.25, 0.3) is 0 Å². The molecule has 0 bridgehead atoms. The molecule has 0 aromatic carbocycles. The summed E-state index contributed by atoms with van der Waals surface area (Å²) in [7, 11) is 1.69. The molecule has 0 saturated heterocycles. The molecule has 0 aliphatic heterocycles. The lowest BCUT2D eigenvalue weighted by Crippen LogP contribution is -2.31. The van der Waals surface area contributed by atoms with Crippen molar-refractivity contribution >= 4 is 0 Å². The van der Waals surface area contributed by atoms with E-state index in [9.17, 15) is 0 Å². The summed E-state index contributed by atoms with van der Waals surface area (Å²) in [6.45, 7) is 7.31. The summed E-state index contributed by atoms with van der Waals surface area (Å²) in [6, 6.07) is 0.526. The number of hydrogen-bond donors (Lipinski definition) is 1. The van der Waals surface area contributed by atoms with Gasteiger partial charge in [0.1, 0.15) is 0 Å². The Balaban J connectivity index is 3.63. The molecule has 0 aromatic rings. The van der Waals surface area contributed by atoms with Gasteiger partial charge in [-0.15, -0.1) is 11.8 Å². The molecule has 1 unspecified atom stereocenters. The highest BCUT2D eigenvalue weighted by molar-refractivity contribution is 4.95. The molecule has 100 valence electrons. The third kappa shape index (κ3) is 11.7. The number of nitrogens with one attached hydrogen (secondary N) is 1. The first-order chi connectivity index (χ1) is 8.35. The maximum atomic E-state index is 5.49. The maximum absolute atomic E-state index is 5.49. The molecular weight excluding hydrogens is 214 g/mol. The highest BCUT2D eigenvalue weighted by atomic mass is 16.5. The lowest BCUT2D eigenvalue weighted by atomic mass is 10.1. The van der Waals surface area contributed by atoms with Crippen LogP contribution in [0.15, 0.2) is 0 Å². The molecule has 0 spiro atoms. The van der Waals surface area contributed by atoms with Gasteiger partial charge in [-0.1, -0.05) is 6.92 Å². The number of hydrogen-bond acceptors (Lipinski definition) is 3. The minimum Gasteiger partial charge on any atom is -0.382 e. The van der Waals surface area contributed by atoms with E-state index in [1.165, 1.54) is 6.42 Å². The summed E-state index contributed by atoms with van der Waals surface area (Å²) in [5.41, 5.74) is 0. The molecule has 3 nitrogen and oxygen atoms in total. The molecule has 0 amide bonds. The molecule has 0 radical (unpaired) electrons. The number of methoxy groups -OCH3 is 1. The molecular formula is C14H27NO2. The summed E-state index contributed by atoms with van der Waals surface area (Å²) in [5, 5.41) is 3.54. The predicted molar refractivity (Wildman–Crippen MR) is 72.1 cm³/mol. The molecule has 0 aliphatic carbocycles. The van der Waals surface area contributed by atoms with Gasteiger partial charge in [-0.25, -0.2) is 0 Å². The Morgan fingerprint density at radius 1 is 1.18 bits per heavy atom. The van der Waals surface area contributed by atoms with Crippen LogP contribution in [-0.4, -0.2) is 39.5 Å². The lowest BCUT2D eigenvalue weighted by molar-refractivity contribution is 0.0655. The van der Waals surface area contributed by atoms with Gasteiger partial charge in [-0.2, -0.15) is 0 Å². The van der Waals surface area contributed by atoms with E-state index in [1.54, 1.807) is 7.11 Å². The Morgan fingerprint density at radius 3 is 2.65 bits per heavy atom. The topological polar surface area (TPSA) is 30.5 Å². The van der Waals surface area contributed by atoms with E-state index < -0.39 is 0 Å². The summed E-state index contributed by atoms with van der Waals surface area (Å²) in [4.78, 5) is 0.